The van der Waals surface area contributed by atoms with Crippen LogP contribution in [0.1, 0.15) is 53.4 Å². The van der Waals surface area contributed by atoms with Gasteiger partial charge in [-0.3, -0.25) is 0 Å². The zero-order valence-electron chi connectivity index (χ0n) is 12.0. The van der Waals surface area contributed by atoms with E-state index >= 15 is 0 Å². The molecule has 1 fully saturated rings. The summed E-state index contributed by atoms with van der Waals surface area (Å²) in [4.78, 5) is 0. The van der Waals surface area contributed by atoms with E-state index in [2.05, 4.69) is 27.7 Å². The SMILES string of the molecule is CO[C@H]1C[C@H](C)C2=C1[C@@]1(C)CC[C@@H](C2)C1(C)C. The highest BCUT2D eigenvalue weighted by molar-refractivity contribution is 5.39. The first-order valence-electron chi connectivity index (χ1n) is 7.18. The Hall–Kier alpha value is -0.300. The van der Waals surface area contributed by atoms with Gasteiger partial charge in [0.15, 0.2) is 0 Å². The van der Waals surface area contributed by atoms with Gasteiger partial charge in [-0.05, 0) is 53.9 Å². The molecule has 0 aromatic rings. The van der Waals surface area contributed by atoms with Gasteiger partial charge in [-0.15, -0.1) is 0 Å². The molecular formula is C16H26O. The topological polar surface area (TPSA) is 9.23 Å². The lowest BCUT2D eigenvalue weighted by atomic mass is 9.56. The van der Waals surface area contributed by atoms with Gasteiger partial charge in [0.25, 0.3) is 0 Å². The van der Waals surface area contributed by atoms with Gasteiger partial charge in [-0.1, -0.05) is 33.3 Å². The molecule has 0 radical (unpaired) electrons. The van der Waals surface area contributed by atoms with Gasteiger partial charge in [-0.25, -0.2) is 0 Å². The maximum atomic E-state index is 5.80. The molecule has 1 nitrogen and oxygen atoms in total. The van der Waals surface area contributed by atoms with E-state index in [1.54, 1.807) is 11.1 Å². The highest BCUT2D eigenvalue weighted by atomic mass is 16.5. The third kappa shape index (κ3) is 1.24. The van der Waals surface area contributed by atoms with Crippen LogP contribution in [0.5, 0.6) is 0 Å². The standard InChI is InChI=1S/C16H26O/c1-10-8-13(17-5)14-12(10)9-11-6-7-16(14,4)15(11,2)3/h10-11,13H,6-9H2,1-5H3/t10-,11-,13-,16+/m0/s1. The van der Waals surface area contributed by atoms with Crippen molar-refractivity contribution in [1.82, 2.24) is 0 Å². The van der Waals surface area contributed by atoms with E-state index in [4.69, 9.17) is 4.74 Å². The first-order valence-corrected chi connectivity index (χ1v) is 7.18. The highest BCUT2D eigenvalue weighted by Crippen LogP contribution is 2.68. The van der Waals surface area contributed by atoms with Crippen LogP contribution in [0.25, 0.3) is 0 Å². The fourth-order valence-electron chi connectivity index (χ4n) is 4.99. The fourth-order valence-corrected chi connectivity index (χ4v) is 4.99. The lowest BCUT2D eigenvalue weighted by molar-refractivity contribution is 0.0587. The van der Waals surface area contributed by atoms with E-state index in [1.165, 1.54) is 25.7 Å². The third-order valence-electron chi connectivity index (χ3n) is 6.61. The second-order valence-electron chi connectivity index (χ2n) is 7.29. The molecule has 2 bridgehead atoms. The van der Waals surface area contributed by atoms with Crippen LogP contribution in [0.2, 0.25) is 0 Å². The Bertz CT molecular complexity index is 379. The maximum absolute atomic E-state index is 5.80. The zero-order chi connectivity index (χ0) is 12.4. The maximum Gasteiger partial charge on any atom is 0.0795 e. The van der Waals surface area contributed by atoms with Gasteiger partial charge in [0.05, 0.1) is 6.10 Å². The predicted molar refractivity (Wildman–Crippen MR) is 70.8 cm³/mol. The van der Waals surface area contributed by atoms with E-state index in [9.17, 15) is 0 Å². The van der Waals surface area contributed by atoms with E-state index in [-0.39, 0.29) is 0 Å². The Labute approximate surface area is 106 Å². The van der Waals surface area contributed by atoms with Crippen molar-refractivity contribution in [1.29, 1.82) is 0 Å². The Kier molecular flexibility index (Phi) is 2.34. The Morgan fingerprint density at radius 2 is 1.94 bits per heavy atom. The lowest BCUT2D eigenvalue weighted by Crippen LogP contribution is -2.41. The normalized spacial score (nSPS) is 47.5. The largest absolute Gasteiger partial charge is 0.377 e. The minimum absolute atomic E-state index is 0.399. The summed E-state index contributed by atoms with van der Waals surface area (Å²) < 4.78 is 5.80. The molecule has 0 amide bonds. The third-order valence-corrected chi connectivity index (χ3v) is 6.61. The summed E-state index contributed by atoms with van der Waals surface area (Å²) >= 11 is 0. The molecule has 0 spiro atoms. The molecule has 3 aliphatic carbocycles. The van der Waals surface area contributed by atoms with Crippen molar-refractivity contribution in [3.63, 3.8) is 0 Å². The highest BCUT2D eigenvalue weighted by Gasteiger charge is 2.59. The molecule has 96 valence electrons. The van der Waals surface area contributed by atoms with Crippen LogP contribution in [0, 0.1) is 22.7 Å². The lowest BCUT2D eigenvalue weighted by Gasteiger charge is -2.48. The van der Waals surface area contributed by atoms with Crippen molar-refractivity contribution in [2.24, 2.45) is 22.7 Å². The van der Waals surface area contributed by atoms with Crippen molar-refractivity contribution in [2.75, 3.05) is 7.11 Å². The molecule has 1 heteroatoms. The zero-order valence-corrected chi connectivity index (χ0v) is 12.0. The van der Waals surface area contributed by atoms with Gasteiger partial charge < -0.3 is 4.74 Å². The van der Waals surface area contributed by atoms with Crippen LogP contribution in [-0.4, -0.2) is 13.2 Å². The summed E-state index contributed by atoms with van der Waals surface area (Å²) in [5, 5.41) is 0. The number of hydrogen-bond acceptors (Lipinski definition) is 1. The Balaban J connectivity index is 2.13. The summed E-state index contributed by atoms with van der Waals surface area (Å²) in [5.41, 5.74) is 4.33. The van der Waals surface area contributed by atoms with Gasteiger partial charge in [0.2, 0.25) is 0 Å². The van der Waals surface area contributed by atoms with Crippen LogP contribution in [0.15, 0.2) is 11.1 Å². The minimum Gasteiger partial charge on any atom is -0.377 e. The van der Waals surface area contributed by atoms with Gasteiger partial charge in [0.1, 0.15) is 0 Å². The van der Waals surface area contributed by atoms with Crippen molar-refractivity contribution >= 4 is 0 Å². The number of fused-ring (bicyclic) bond motifs is 3. The first kappa shape index (κ1) is 11.8. The van der Waals surface area contributed by atoms with Crippen molar-refractivity contribution in [3.8, 4) is 0 Å². The molecule has 0 N–H and O–H groups in total. The number of rotatable bonds is 1. The van der Waals surface area contributed by atoms with Crippen molar-refractivity contribution in [2.45, 2.75) is 59.5 Å². The second-order valence-corrected chi connectivity index (χ2v) is 7.29. The second kappa shape index (κ2) is 3.38. The van der Waals surface area contributed by atoms with Gasteiger partial charge in [-0.2, -0.15) is 0 Å². The average molecular weight is 234 g/mol. The van der Waals surface area contributed by atoms with E-state index in [0.29, 0.717) is 16.9 Å². The summed E-state index contributed by atoms with van der Waals surface area (Å²) in [5.74, 6) is 1.66. The average Bonchev–Trinajstić information content (AvgIpc) is 2.61. The number of ether oxygens (including phenoxy) is 1. The van der Waals surface area contributed by atoms with Crippen LogP contribution in [0.3, 0.4) is 0 Å². The molecule has 1 saturated carbocycles. The van der Waals surface area contributed by atoms with Crippen molar-refractivity contribution < 1.29 is 4.74 Å². The van der Waals surface area contributed by atoms with Crippen LogP contribution < -0.4 is 0 Å². The quantitative estimate of drug-likeness (QED) is 0.618. The monoisotopic (exact) mass is 234 g/mol. The summed E-state index contributed by atoms with van der Waals surface area (Å²) in [6.07, 6.45) is 5.76. The predicted octanol–water partition coefficient (Wildman–Crippen LogP) is 4.18. The molecule has 4 atom stereocenters. The molecule has 0 unspecified atom stereocenters. The van der Waals surface area contributed by atoms with E-state index < -0.39 is 0 Å². The molecule has 0 aromatic heterocycles. The smallest absolute Gasteiger partial charge is 0.0795 e. The van der Waals surface area contributed by atoms with Crippen LogP contribution in [0.4, 0.5) is 0 Å². The van der Waals surface area contributed by atoms with Crippen LogP contribution in [-0.2, 0) is 4.74 Å². The first-order chi connectivity index (χ1) is 7.91. The number of methoxy groups -OCH3 is 1. The summed E-state index contributed by atoms with van der Waals surface area (Å²) in [6.45, 7) is 9.88. The Morgan fingerprint density at radius 3 is 2.59 bits per heavy atom. The van der Waals surface area contributed by atoms with Gasteiger partial charge >= 0.3 is 0 Å². The Morgan fingerprint density at radius 1 is 1.24 bits per heavy atom. The molecule has 0 saturated heterocycles. The minimum atomic E-state index is 0.399. The summed E-state index contributed by atoms with van der Waals surface area (Å²) in [7, 11) is 1.89. The molecule has 0 heterocycles. The number of allylic oxidation sites excluding steroid dienone is 1. The van der Waals surface area contributed by atoms with Crippen LogP contribution >= 0.6 is 0 Å². The molecule has 3 aliphatic rings. The van der Waals surface area contributed by atoms with E-state index in [0.717, 1.165) is 11.8 Å². The van der Waals surface area contributed by atoms with Gasteiger partial charge in [0, 0.05) is 7.11 Å². The summed E-state index contributed by atoms with van der Waals surface area (Å²) in [6, 6.07) is 0. The molecular weight excluding hydrogens is 208 g/mol. The molecule has 0 aromatic carbocycles. The molecule has 17 heavy (non-hydrogen) atoms. The fraction of sp³-hybridized carbons (Fsp3) is 0.875. The molecule has 0 aliphatic heterocycles. The van der Waals surface area contributed by atoms with E-state index in [1.807, 2.05) is 7.11 Å². The number of hydrogen-bond donors (Lipinski definition) is 0. The molecule has 3 rings (SSSR count). The van der Waals surface area contributed by atoms with Crippen molar-refractivity contribution in [3.05, 3.63) is 11.1 Å².